The monoisotopic (exact) mass is 391 g/mol. The van der Waals surface area contributed by atoms with Gasteiger partial charge in [0.25, 0.3) is 0 Å². The number of halogens is 2. The average Bonchev–Trinajstić information content (AvgIpc) is 3.12. The molecule has 0 unspecified atom stereocenters. The molecule has 0 spiro atoms. The largest absolute Gasteiger partial charge is 0.339 e. The van der Waals surface area contributed by atoms with Crippen LogP contribution in [0.3, 0.4) is 0 Å². The van der Waals surface area contributed by atoms with E-state index in [1.165, 1.54) is 23.5 Å². The minimum absolute atomic E-state index is 0.0215. The Kier molecular flexibility index (Phi) is 6.74. The number of piperazine rings is 1. The van der Waals surface area contributed by atoms with Crippen molar-refractivity contribution in [1.29, 1.82) is 0 Å². The lowest BCUT2D eigenvalue weighted by Gasteiger charge is -2.35. The third-order valence-corrected chi connectivity index (χ3v) is 5.16. The Morgan fingerprint density at radius 3 is 2.61 bits per heavy atom. The molecule has 6 nitrogen and oxygen atoms in total. The lowest BCUT2D eigenvalue weighted by molar-refractivity contribution is -0.134. The summed E-state index contributed by atoms with van der Waals surface area (Å²) < 4.78 is 26.6. The van der Waals surface area contributed by atoms with E-state index in [2.05, 4.69) is 35.0 Å². The fraction of sp³-hybridized carbons (Fsp3) is 0.500. The molecular formula is C20H27F2N5O. The van der Waals surface area contributed by atoms with Crippen LogP contribution in [0, 0.1) is 6.92 Å². The van der Waals surface area contributed by atoms with Crippen LogP contribution in [0.25, 0.3) is 0 Å². The zero-order valence-corrected chi connectivity index (χ0v) is 16.4. The second-order valence-corrected chi connectivity index (χ2v) is 7.28. The van der Waals surface area contributed by atoms with Gasteiger partial charge in [-0.1, -0.05) is 24.3 Å². The van der Waals surface area contributed by atoms with E-state index in [-0.39, 0.29) is 24.8 Å². The lowest BCUT2D eigenvalue weighted by Crippen LogP contribution is -2.50. The number of hydrogen-bond acceptors (Lipinski definition) is 4. The summed E-state index contributed by atoms with van der Waals surface area (Å²) in [6.07, 6.45) is 2.61. The topological polar surface area (TPSA) is 44.6 Å². The van der Waals surface area contributed by atoms with Gasteiger partial charge in [-0.3, -0.25) is 19.2 Å². The van der Waals surface area contributed by atoms with Crippen LogP contribution in [0.2, 0.25) is 0 Å². The van der Waals surface area contributed by atoms with Crippen LogP contribution in [0.15, 0.2) is 36.7 Å². The van der Waals surface area contributed by atoms with E-state index in [4.69, 9.17) is 0 Å². The molecule has 1 aliphatic rings. The summed E-state index contributed by atoms with van der Waals surface area (Å²) in [5, 5.41) is 0. The molecule has 1 saturated heterocycles. The number of benzene rings is 1. The van der Waals surface area contributed by atoms with E-state index in [1.54, 1.807) is 11.9 Å². The number of aromatic nitrogens is 2. The molecule has 2 aromatic rings. The van der Waals surface area contributed by atoms with Crippen molar-refractivity contribution in [2.24, 2.45) is 0 Å². The van der Waals surface area contributed by atoms with Crippen LogP contribution in [-0.4, -0.2) is 69.9 Å². The second kappa shape index (κ2) is 9.25. The maximum absolute atomic E-state index is 12.9. The van der Waals surface area contributed by atoms with E-state index in [0.717, 1.165) is 24.2 Å². The molecule has 0 saturated carbocycles. The molecule has 1 aromatic heterocycles. The first-order valence-corrected chi connectivity index (χ1v) is 9.47. The highest BCUT2D eigenvalue weighted by Gasteiger charge is 2.23. The van der Waals surface area contributed by atoms with Crippen molar-refractivity contribution in [3.63, 3.8) is 0 Å². The van der Waals surface area contributed by atoms with Crippen molar-refractivity contribution in [2.45, 2.75) is 26.6 Å². The van der Waals surface area contributed by atoms with Gasteiger partial charge in [0.2, 0.25) is 5.91 Å². The summed E-state index contributed by atoms with van der Waals surface area (Å²) in [5.41, 5.74) is 2.60. The number of alkyl halides is 2. The highest BCUT2D eigenvalue weighted by Crippen LogP contribution is 2.15. The predicted molar refractivity (Wildman–Crippen MR) is 103 cm³/mol. The average molecular weight is 391 g/mol. The minimum atomic E-state index is -2.62. The Hall–Kier alpha value is -2.32. The number of aryl methyl sites for hydroxylation is 1. The molecule has 1 aliphatic heterocycles. The van der Waals surface area contributed by atoms with Gasteiger partial charge >= 0.3 is 6.55 Å². The number of nitrogens with zero attached hydrogens (tertiary/aromatic N) is 5. The van der Waals surface area contributed by atoms with E-state index in [9.17, 15) is 13.6 Å². The number of carbonyl (C=O) groups excluding carboxylic acids is 1. The number of likely N-dealkylation sites (N-methyl/N-ethyl adjacent to an activating group) is 1. The van der Waals surface area contributed by atoms with Crippen LogP contribution in [0.1, 0.15) is 23.5 Å². The van der Waals surface area contributed by atoms with E-state index in [1.807, 2.05) is 11.0 Å². The number of carbonyl (C=O) groups is 1. The first-order chi connectivity index (χ1) is 13.4. The molecule has 2 heterocycles. The highest BCUT2D eigenvalue weighted by atomic mass is 19.3. The first kappa shape index (κ1) is 20.4. The van der Waals surface area contributed by atoms with Gasteiger partial charge in [0.15, 0.2) is 0 Å². The smallest absolute Gasteiger partial charge is 0.319 e. The van der Waals surface area contributed by atoms with Crippen LogP contribution in [0.5, 0.6) is 0 Å². The van der Waals surface area contributed by atoms with Crippen molar-refractivity contribution >= 4 is 5.91 Å². The highest BCUT2D eigenvalue weighted by molar-refractivity contribution is 5.78. The lowest BCUT2D eigenvalue weighted by atomic mass is 10.1. The summed E-state index contributed by atoms with van der Waals surface area (Å²) in [5.74, 6) is 0.279. The van der Waals surface area contributed by atoms with Crippen molar-refractivity contribution in [3.05, 3.63) is 53.6 Å². The van der Waals surface area contributed by atoms with Gasteiger partial charge in [0, 0.05) is 45.1 Å². The van der Waals surface area contributed by atoms with E-state index in [0.29, 0.717) is 13.1 Å². The van der Waals surface area contributed by atoms with E-state index >= 15 is 0 Å². The first-order valence-electron chi connectivity index (χ1n) is 9.47. The van der Waals surface area contributed by atoms with Gasteiger partial charge < -0.3 is 4.90 Å². The molecule has 152 valence electrons. The number of amides is 1. The quantitative estimate of drug-likeness (QED) is 0.727. The Bertz CT molecular complexity index is 786. The molecule has 1 fully saturated rings. The third kappa shape index (κ3) is 5.14. The molecule has 1 amide bonds. The molecule has 1 aromatic carbocycles. The second-order valence-electron chi connectivity index (χ2n) is 7.28. The zero-order valence-electron chi connectivity index (χ0n) is 16.4. The Labute approximate surface area is 164 Å². The van der Waals surface area contributed by atoms with Gasteiger partial charge in [0.1, 0.15) is 5.82 Å². The summed E-state index contributed by atoms with van der Waals surface area (Å²) in [6, 6.07) is 8.35. The van der Waals surface area contributed by atoms with Crippen LogP contribution < -0.4 is 0 Å². The van der Waals surface area contributed by atoms with Crippen LogP contribution in [0.4, 0.5) is 8.78 Å². The summed E-state index contributed by atoms with van der Waals surface area (Å²) in [4.78, 5) is 22.5. The van der Waals surface area contributed by atoms with Gasteiger partial charge in [-0.15, -0.1) is 0 Å². The molecule has 0 aliphatic carbocycles. The van der Waals surface area contributed by atoms with Crippen molar-refractivity contribution < 1.29 is 13.6 Å². The molecule has 3 rings (SSSR count). The van der Waals surface area contributed by atoms with Gasteiger partial charge in [-0.25, -0.2) is 4.98 Å². The Morgan fingerprint density at radius 2 is 1.93 bits per heavy atom. The molecule has 0 bridgehead atoms. The van der Waals surface area contributed by atoms with Crippen molar-refractivity contribution in [2.75, 3.05) is 39.8 Å². The Morgan fingerprint density at radius 1 is 1.21 bits per heavy atom. The minimum Gasteiger partial charge on any atom is -0.339 e. The fourth-order valence-electron chi connectivity index (χ4n) is 3.46. The molecule has 8 heteroatoms. The standard InChI is InChI=1S/C20H27F2N5O/c1-16-5-3-4-6-17(16)13-25-9-11-26(12-10-25)19(28)15-24(2)14-18-23-7-8-27(18)20(21)22/h3-8,20H,9-15H2,1-2H3. The third-order valence-electron chi connectivity index (χ3n) is 5.16. The van der Waals surface area contributed by atoms with Gasteiger partial charge in [0.05, 0.1) is 13.1 Å². The molecule has 0 atom stereocenters. The zero-order chi connectivity index (χ0) is 20.1. The van der Waals surface area contributed by atoms with E-state index < -0.39 is 6.55 Å². The predicted octanol–water partition coefficient (Wildman–Crippen LogP) is 2.36. The van der Waals surface area contributed by atoms with Gasteiger partial charge in [-0.2, -0.15) is 8.78 Å². The maximum Gasteiger partial charge on any atom is 0.319 e. The molecule has 28 heavy (non-hydrogen) atoms. The van der Waals surface area contributed by atoms with Crippen LogP contribution >= 0.6 is 0 Å². The van der Waals surface area contributed by atoms with Crippen LogP contribution in [-0.2, 0) is 17.9 Å². The number of rotatable bonds is 7. The SMILES string of the molecule is Cc1ccccc1CN1CCN(C(=O)CN(C)Cc2nccn2C(F)F)CC1. The summed E-state index contributed by atoms with van der Waals surface area (Å²) in [6.45, 7) is 3.82. The summed E-state index contributed by atoms with van der Waals surface area (Å²) in [7, 11) is 1.75. The van der Waals surface area contributed by atoms with Crippen molar-refractivity contribution in [3.8, 4) is 0 Å². The van der Waals surface area contributed by atoms with Gasteiger partial charge in [-0.05, 0) is 25.1 Å². The molecular weight excluding hydrogens is 364 g/mol. The summed E-state index contributed by atoms with van der Waals surface area (Å²) >= 11 is 0. The normalized spacial score (nSPS) is 15.6. The molecule has 0 radical (unpaired) electrons. The van der Waals surface area contributed by atoms with Crippen molar-refractivity contribution in [1.82, 2.24) is 24.3 Å². The molecule has 0 N–H and O–H groups in total. The Balaban J connectivity index is 1.46. The number of imidazole rings is 1. The number of hydrogen-bond donors (Lipinski definition) is 0. The maximum atomic E-state index is 12.9. The fourth-order valence-corrected chi connectivity index (χ4v) is 3.46.